The fraction of sp³-hybridized carbons (Fsp3) is 0.143. The van der Waals surface area contributed by atoms with Crippen molar-refractivity contribution in [3.8, 4) is 11.5 Å². The number of amides is 1. The number of nitrogens with one attached hydrogen (secondary N) is 1. The number of rotatable bonds is 6. The number of fused-ring (bicyclic) bond motifs is 1. The minimum absolute atomic E-state index is 0.209. The number of hydrazone groups is 1. The third-order valence-corrected chi connectivity index (χ3v) is 4.45. The van der Waals surface area contributed by atoms with Crippen LogP contribution < -0.4 is 14.9 Å². The lowest BCUT2D eigenvalue weighted by atomic mass is 10.0. The molecule has 3 aromatic carbocycles. The smallest absolute Gasteiger partial charge is 0.244 e. The monoisotopic (exact) mass is 382 g/mol. The number of ether oxygens (including phenoxy) is 2. The van der Waals surface area contributed by atoms with Gasteiger partial charge in [-0.1, -0.05) is 54.1 Å². The van der Waals surface area contributed by atoms with Crippen LogP contribution in [0.1, 0.15) is 11.1 Å². The molecular formula is C21H19ClN2O3. The van der Waals surface area contributed by atoms with E-state index in [-0.39, 0.29) is 12.3 Å². The first kappa shape index (κ1) is 18.7. The lowest BCUT2D eigenvalue weighted by Crippen LogP contribution is -2.19. The van der Waals surface area contributed by atoms with E-state index in [1.807, 2.05) is 42.5 Å². The summed E-state index contributed by atoms with van der Waals surface area (Å²) in [6, 6.07) is 17.2. The standard InChI is InChI=1S/C21H19ClN2O3/c1-26-19-10-16(18(22)12-20(19)27-2)13-23-24-21(25)11-15-8-5-7-14-6-3-4-9-17(14)15/h3-10,12-13H,11H2,1-2H3,(H,24,25)/b23-13+. The lowest BCUT2D eigenvalue weighted by Gasteiger charge is -2.09. The van der Waals surface area contributed by atoms with E-state index in [0.717, 1.165) is 16.3 Å². The maximum absolute atomic E-state index is 12.3. The summed E-state index contributed by atoms with van der Waals surface area (Å²) >= 11 is 6.21. The minimum atomic E-state index is -0.209. The maximum Gasteiger partial charge on any atom is 0.244 e. The number of carbonyl (C=O) groups excluding carboxylic acids is 1. The molecule has 6 heteroatoms. The number of nitrogens with zero attached hydrogens (tertiary/aromatic N) is 1. The summed E-state index contributed by atoms with van der Waals surface area (Å²) in [4.78, 5) is 12.3. The van der Waals surface area contributed by atoms with Gasteiger partial charge in [-0.25, -0.2) is 5.43 Å². The second-order valence-electron chi connectivity index (χ2n) is 5.84. The van der Waals surface area contributed by atoms with Crippen molar-refractivity contribution in [2.75, 3.05) is 14.2 Å². The van der Waals surface area contributed by atoms with Crippen molar-refractivity contribution in [2.45, 2.75) is 6.42 Å². The molecule has 0 spiro atoms. The molecule has 0 bridgehead atoms. The van der Waals surface area contributed by atoms with Gasteiger partial charge in [0.2, 0.25) is 5.91 Å². The molecule has 3 aromatic rings. The molecule has 0 fully saturated rings. The molecule has 3 rings (SSSR count). The van der Waals surface area contributed by atoms with Gasteiger partial charge in [0.15, 0.2) is 11.5 Å². The Labute approximate surface area is 162 Å². The van der Waals surface area contributed by atoms with Crippen LogP contribution in [0, 0.1) is 0 Å². The van der Waals surface area contributed by atoms with Crippen LogP contribution in [-0.4, -0.2) is 26.3 Å². The molecule has 27 heavy (non-hydrogen) atoms. The maximum atomic E-state index is 12.3. The lowest BCUT2D eigenvalue weighted by molar-refractivity contribution is -0.120. The van der Waals surface area contributed by atoms with Crippen LogP contribution in [0.2, 0.25) is 5.02 Å². The average molecular weight is 383 g/mol. The van der Waals surface area contributed by atoms with Crippen molar-refractivity contribution in [3.05, 3.63) is 70.7 Å². The van der Waals surface area contributed by atoms with Crippen molar-refractivity contribution in [1.29, 1.82) is 0 Å². The topological polar surface area (TPSA) is 59.9 Å². The van der Waals surface area contributed by atoms with Crippen LogP contribution in [0.5, 0.6) is 11.5 Å². The molecule has 0 aliphatic rings. The Morgan fingerprint density at radius 1 is 1.07 bits per heavy atom. The molecule has 138 valence electrons. The molecule has 0 atom stereocenters. The molecule has 1 N–H and O–H groups in total. The first-order valence-corrected chi connectivity index (χ1v) is 8.70. The Morgan fingerprint density at radius 3 is 2.56 bits per heavy atom. The SMILES string of the molecule is COc1cc(Cl)c(/C=N/NC(=O)Cc2cccc3ccccc23)cc1OC. The van der Waals surface area contributed by atoms with E-state index in [1.54, 1.807) is 19.2 Å². The fourth-order valence-electron chi connectivity index (χ4n) is 2.80. The Bertz CT molecular complexity index is 997. The van der Waals surface area contributed by atoms with Gasteiger partial charge in [0, 0.05) is 11.6 Å². The number of halogens is 1. The van der Waals surface area contributed by atoms with E-state index in [1.165, 1.54) is 13.3 Å². The summed E-state index contributed by atoms with van der Waals surface area (Å²) in [5.41, 5.74) is 4.10. The van der Waals surface area contributed by atoms with Crippen LogP contribution in [0.4, 0.5) is 0 Å². The molecule has 0 unspecified atom stereocenters. The van der Waals surface area contributed by atoms with Crippen LogP contribution in [0.3, 0.4) is 0 Å². The Morgan fingerprint density at radius 2 is 1.78 bits per heavy atom. The predicted octanol–water partition coefficient (Wildman–Crippen LogP) is 4.20. The molecule has 0 aliphatic carbocycles. The summed E-state index contributed by atoms with van der Waals surface area (Å²) in [6.07, 6.45) is 1.71. The van der Waals surface area contributed by atoms with Crippen molar-refractivity contribution in [3.63, 3.8) is 0 Å². The first-order chi connectivity index (χ1) is 13.1. The highest BCUT2D eigenvalue weighted by Crippen LogP contribution is 2.32. The third kappa shape index (κ3) is 4.38. The second kappa shape index (κ2) is 8.56. The van der Waals surface area contributed by atoms with E-state index >= 15 is 0 Å². The quantitative estimate of drug-likeness (QED) is 0.513. The molecule has 1 amide bonds. The largest absolute Gasteiger partial charge is 0.493 e. The van der Waals surface area contributed by atoms with Crippen LogP contribution in [-0.2, 0) is 11.2 Å². The van der Waals surface area contributed by atoms with Gasteiger partial charge in [-0.3, -0.25) is 4.79 Å². The van der Waals surface area contributed by atoms with Crippen LogP contribution >= 0.6 is 11.6 Å². The summed E-state index contributed by atoms with van der Waals surface area (Å²) < 4.78 is 10.4. The van der Waals surface area contributed by atoms with Gasteiger partial charge >= 0.3 is 0 Å². The average Bonchev–Trinajstić information content (AvgIpc) is 2.69. The zero-order valence-corrected chi connectivity index (χ0v) is 15.8. The van der Waals surface area contributed by atoms with Crippen molar-refractivity contribution >= 4 is 34.5 Å². The number of hydrogen-bond donors (Lipinski definition) is 1. The molecule has 5 nitrogen and oxygen atoms in total. The molecule has 0 aromatic heterocycles. The van der Waals surface area contributed by atoms with Gasteiger partial charge in [-0.05, 0) is 22.4 Å². The van der Waals surface area contributed by atoms with Gasteiger partial charge < -0.3 is 9.47 Å². The summed E-state index contributed by atoms with van der Waals surface area (Å²) in [5, 5.41) is 6.61. The molecule has 0 radical (unpaired) electrons. The van der Waals surface area contributed by atoms with E-state index in [0.29, 0.717) is 22.1 Å². The third-order valence-electron chi connectivity index (χ3n) is 4.13. The number of carbonyl (C=O) groups is 1. The van der Waals surface area contributed by atoms with Crippen LogP contribution in [0.15, 0.2) is 59.7 Å². The minimum Gasteiger partial charge on any atom is -0.493 e. The first-order valence-electron chi connectivity index (χ1n) is 8.32. The van der Waals surface area contributed by atoms with Gasteiger partial charge in [0.25, 0.3) is 0 Å². The van der Waals surface area contributed by atoms with E-state index in [4.69, 9.17) is 21.1 Å². The molecular weight excluding hydrogens is 364 g/mol. The Balaban J connectivity index is 1.70. The van der Waals surface area contributed by atoms with E-state index in [9.17, 15) is 4.79 Å². The highest BCUT2D eigenvalue weighted by molar-refractivity contribution is 6.33. The highest BCUT2D eigenvalue weighted by atomic mass is 35.5. The summed E-state index contributed by atoms with van der Waals surface area (Å²) in [7, 11) is 3.08. The normalized spacial score (nSPS) is 10.9. The Kier molecular flexibility index (Phi) is 5.94. The fourth-order valence-corrected chi connectivity index (χ4v) is 3.00. The van der Waals surface area contributed by atoms with Crippen LogP contribution in [0.25, 0.3) is 10.8 Å². The van der Waals surface area contributed by atoms with Gasteiger partial charge in [0.1, 0.15) is 0 Å². The van der Waals surface area contributed by atoms with Crippen molar-refractivity contribution in [2.24, 2.45) is 5.10 Å². The molecule has 0 saturated carbocycles. The molecule has 0 aliphatic heterocycles. The van der Waals surface area contributed by atoms with Crippen molar-refractivity contribution in [1.82, 2.24) is 5.43 Å². The number of methoxy groups -OCH3 is 2. The van der Waals surface area contributed by atoms with Gasteiger partial charge in [0.05, 0.1) is 31.9 Å². The number of benzene rings is 3. The highest BCUT2D eigenvalue weighted by Gasteiger charge is 2.09. The second-order valence-corrected chi connectivity index (χ2v) is 6.24. The number of hydrogen-bond acceptors (Lipinski definition) is 4. The predicted molar refractivity (Wildman–Crippen MR) is 108 cm³/mol. The zero-order valence-electron chi connectivity index (χ0n) is 15.0. The zero-order chi connectivity index (χ0) is 19.2. The van der Waals surface area contributed by atoms with Gasteiger partial charge in [-0.2, -0.15) is 5.10 Å². The molecule has 0 saturated heterocycles. The Hall–Kier alpha value is -3.05. The summed E-state index contributed by atoms with van der Waals surface area (Å²) in [6.45, 7) is 0. The summed E-state index contributed by atoms with van der Waals surface area (Å²) in [5.74, 6) is 0.851. The van der Waals surface area contributed by atoms with E-state index in [2.05, 4.69) is 10.5 Å². The van der Waals surface area contributed by atoms with Gasteiger partial charge in [-0.15, -0.1) is 0 Å². The van der Waals surface area contributed by atoms with Crippen molar-refractivity contribution < 1.29 is 14.3 Å². The van der Waals surface area contributed by atoms with E-state index < -0.39 is 0 Å². The molecule has 0 heterocycles.